The summed E-state index contributed by atoms with van der Waals surface area (Å²) in [7, 11) is 3.78. The van der Waals surface area contributed by atoms with Crippen molar-refractivity contribution in [2.45, 2.75) is 76.8 Å². The Morgan fingerprint density at radius 2 is 2.03 bits per heavy atom. The van der Waals surface area contributed by atoms with E-state index in [1.807, 2.05) is 14.1 Å². The number of carbonyl (C=O) groups is 1. The molecule has 1 aromatic carbocycles. The molecule has 4 rings (SSSR count). The van der Waals surface area contributed by atoms with Crippen molar-refractivity contribution in [3.8, 4) is 0 Å². The summed E-state index contributed by atoms with van der Waals surface area (Å²) >= 11 is 0. The van der Waals surface area contributed by atoms with Crippen LogP contribution in [0.25, 0.3) is 0 Å². The third-order valence-electron chi connectivity index (χ3n) is 7.47. The topological polar surface area (TPSA) is 26.8 Å². The maximum absolute atomic E-state index is 12.8. The molecular formula is C25H39N3O. The number of carbonyl (C=O) groups excluding carboxylic acids is 1. The maximum atomic E-state index is 12.8. The maximum Gasteiger partial charge on any atom is 0.319 e. The molecule has 2 amide bonds. The van der Waals surface area contributed by atoms with Gasteiger partial charge in [-0.25, -0.2) is 4.79 Å². The Balaban J connectivity index is 1.49. The van der Waals surface area contributed by atoms with Crippen LogP contribution in [0.2, 0.25) is 0 Å². The molecule has 3 heterocycles. The molecule has 0 aromatic heterocycles. The lowest BCUT2D eigenvalue weighted by Gasteiger charge is -2.52. The molecule has 4 heteroatoms. The molecule has 0 aliphatic carbocycles. The molecule has 160 valence electrons. The fraction of sp³-hybridized carbons (Fsp3) is 0.720. The van der Waals surface area contributed by atoms with Crippen molar-refractivity contribution in [1.82, 2.24) is 14.7 Å². The van der Waals surface area contributed by atoms with Crippen molar-refractivity contribution < 1.29 is 4.79 Å². The van der Waals surface area contributed by atoms with E-state index in [1.54, 1.807) is 10.5 Å². The van der Waals surface area contributed by atoms with Gasteiger partial charge >= 0.3 is 6.03 Å². The second-order valence-corrected chi connectivity index (χ2v) is 9.68. The van der Waals surface area contributed by atoms with Crippen LogP contribution in [-0.2, 0) is 12.8 Å². The number of amides is 2. The Bertz CT molecular complexity index is 716. The van der Waals surface area contributed by atoms with E-state index >= 15 is 0 Å². The molecule has 1 aromatic rings. The number of hydrogen-bond donors (Lipinski definition) is 0. The lowest BCUT2D eigenvalue weighted by atomic mass is 9.76. The minimum atomic E-state index is 0.201. The van der Waals surface area contributed by atoms with Gasteiger partial charge in [0.2, 0.25) is 0 Å². The molecule has 3 aliphatic rings. The number of rotatable bonds is 5. The van der Waals surface area contributed by atoms with Crippen molar-refractivity contribution in [3.63, 3.8) is 0 Å². The normalized spacial score (nSPS) is 26.4. The lowest BCUT2D eigenvalue weighted by Crippen LogP contribution is -2.59. The molecule has 0 saturated carbocycles. The summed E-state index contributed by atoms with van der Waals surface area (Å²) in [6, 6.07) is 8.39. The van der Waals surface area contributed by atoms with Crippen molar-refractivity contribution in [3.05, 3.63) is 34.9 Å². The summed E-state index contributed by atoms with van der Waals surface area (Å²) in [5.41, 5.74) is 4.62. The number of piperidine rings is 2. The van der Waals surface area contributed by atoms with Crippen LogP contribution < -0.4 is 0 Å². The largest absolute Gasteiger partial charge is 0.331 e. The average molecular weight is 398 g/mol. The zero-order chi connectivity index (χ0) is 20.4. The highest BCUT2D eigenvalue weighted by Crippen LogP contribution is 2.43. The molecule has 2 saturated heterocycles. The van der Waals surface area contributed by atoms with E-state index in [1.165, 1.54) is 62.6 Å². The second kappa shape index (κ2) is 9.07. The highest BCUT2D eigenvalue weighted by molar-refractivity contribution is 5.74. The Morgan fingerprint density at radius 1 is 1.17 bits per heavy atom. The average Bonchev–Trinajstić information content (AvgIpc) is 2.74. The Hall–Kier alpha value is -1.55. The number of aryl methyl sites for hydroxylation is 1. The number of benzene rings is 1. The van der Waals surface area contributed by atoms with Gasteiger partial charge in [0.25, 0.3) is 0 Å². The highest BCUT2D eigenvalue weighted by Gasteiger charge is 2.44. The molecule has 3 atom stereocenters. The van der Waals surface area contributed by atoms with Crippen LogP contribution in [0.1, 0.15) is 74.6 Å². The third-order valence-corrected chi connectivity index (χ3v) is 7.47. The SMILES string of the molecule is CCCCCCc1ccc2c(c1)CCN1CC3CCCN(C(=O)N(C)C)C3CC21. The summed E-state index contributed by atoms with van der Waals surface area (Å²) in [5, 5.41) is 0. The van der Waals surface area contributed by atoms with Crippen molar-refractivity contribution >= 4 is 6.03 Å². The van der Waals surface area contributed by atoms with Gasteiger partial charge < -0.3 is 9.80 Å². The van der Waals surface area contributed by atoms with E-state index in [4.69, 9.17) is 0 Å². The quantitative estimate of drug-likeness (QED) is 0.663. The van der Waals surface area contributed by atoms with Crippen LogP contribution in [0.15, 0.2) is 18.2 Å². The van der Waals surface area contributed by atoms with Gasteiger partial charge in [0, 0.05) is 45.8 Å². The number of unbranched alkanes of at least 4 members (excludes halogenated alkanes) is 3. The number of fused-ring (bicyclic) bond motifs is 4. The molecule has 0 N–H and O–H groups in total. The number of nitrogens with zero attached hydrogens (tertiary/aromatic N) is 3. The predicted molar refractivity (Wildman–Crippen MR) is 119 cm³/mol. The molecule has 4 nitrogen and oxygen atoms in total. The van der Waals surface area contributed by atoms with E-state index in [0.717, 1.165) is 25.9 Å². The molecule has 3 aliphatic heterocycles. The van der Waals surface area contributed by atoms with E-state index in [-0.39, 0.29) is 6.03 Å². The van der Waals surface area contributed by atoms with Gasteiger partial charge in [0.05, 0.1) is 0 Å². The molecule has 0 spiro atoms. The fourth-order valence-corrected chi connectivity index (χ4v) is 5.92. The summed E-state index contributed by atoms with van der Waals surface area (Å²) in [5.74, 6) is 0.642. The summed E-state index contributed by atoms with van der Waals surface area (Å²) in [6.45, 7) is 5.54. The molecule has 0 radical (unpaired) electrons. The zero-order valence-electron chi connectivity index (χ0n) is 18.7. The molecular weight excluding hydrogens is 358 g/mol. The first-order valence-corrected chi connectivity index (χ1v) is 11.9. The summed E-state index contributed by atoms with van der Waals surface area (Å²) < 4.78 is 0. The van der Waals surface area contributed by atoms with Crippen LogP contribution in [0.4, 0.5) is 4.79 Å². The van der Waals surface area contributed by atoms with Gasteiger partial charge in [-0.1, -0.05) is 44.4 Å². The number of likely N-dealkylation sites (tertiary alicyclic amines) is 1. The Labute approximate surface area is 177 Å². The van der Waals surface area contributed by atoms with Crippen molar-refractivity contribution in [2.75, 3.05) is 33.7 Å². The van der Waals surface area contributed by atoms with Crippen LogP contribution in [0.5, 0.6) is 0 Å². The van der Waals surface area contributed by atoms with Gasteiger partial charge in [-0.3, -0.25) is 4.90 Å². The van der Waals surface area contributed by atoms with Crippen LogP contribution >= 0.6 is 0 Å². The zero-order valence-corrected chi connectivity index (χ0v) is 18.7. The molecule has 0 bridgehead atoms. The Morgan fingerprint density at radius 3 is 2.83 bits per heavy atom. The van der Waals surface area contributed by atoms with Gasteiger partial charge in [0.1, 0.15) is 0 Å². The predicted octanol–water partition coefficient (Wildman–Crippen LogP) is 4.87. The number of hydrogen-bond acceptors (Lipinski definition) is 2. The van der Waals surface area contributed by atoms with Gasteiger partial charge in [-0.05, 0) is 61.1 Å². The fourth-order valence-electron chi connectivity index (χ4n) is 5.92. The third kappa shape index (κ3) is 4.33. The first-order valence-electron chi connectivity index (χ1n) is 11.9. The van der Waals surface area contributed by atoms with Crippen molar-refractivity contribution in [2.24, 2.45) is 5.92 Å². The first-order chi connectivity index (χ1) is 14.1. The minimum absolute atomic E-state index is 0.201. The van der Waals surface area contributed by atoms with Gasteiger partial charge in [-0.15, -0.1) is 0 Å². The minimum Gasteiger partial charge on any atom is -0.331 e. The highest BCUT2D eigenvalue weighted by atomic mass is 16.2. The van der Waals surface area contributed by atoms with Crippen LogP contribution in [-0.4, -0.2) is 60.5 Å². The standard InChI is InChI=1S/C25H39N3O/c1-4-5-6-7-9-19-11-12-22-20(16-19)13-15-27-18-21-10-8-14-28(25(29)26(2)3)23(21)17-24(22)27/h11-12,16,21,23-24H,4-10,13-15,17-18H2,1-3H3. The lowest BCUT2D eigenvalue weighted by molar-refractivity contribution is 0.00109. The molecule has 29 heavy (non-hydrogen) atoms. The summed E-state index contributed by atoms with van der Waals surface area (Å²) in [4.78, 5) is 19.4. The Kier molecular flexibility index (Phi) is 6.48. The monoisotopic (exact) mass is 397 g/mol. The molecule has 3 unspecified atom stereocenters. The van der Waals surface area contributed by atoms with Gasteiger partial charge in [0.15, 0.2) is 0 Å². The number of urea groups is 1. The van der Waals surface area contributed by atoms with E-state index in [9.17, 15) is 4.79 Å². The van der Waals surface area contributed by atoms with E-state index < -0.39 is 0 Å². The second-order valence-electron chi connectivity index (χ2n) is 9.68. The van der Waals surface area contributed by atoms with E-state index in [0.29, 0.717) is 18.0 Å². The van der Waals surface area contributed by atoms with E-state index in [2.05, 4.69) is 34.9 Å². The first kappa shape index (κ1) is 20.7. The smallest absolute Gasteiger partial charge is 0.319 e. The molecule has 2 fully saturated rings. The van der Waals surface area contributed by atoms with Crippen LogP contribution in [0.3, 0.4) is 0 Å². The van der Waals surface area contributed by atoms with Crippen molar-refractivity contribution in [1.29, 1.82) is 0 Å². The summed E-state index contributed by atoms with van der Waals surface area (Å²) in [6.07, 6.45) is 11.3. The van der Waals surface area contributed by atoms with Crippen LogP contribution in [0, 0.1) is 5.92 Å². The van der Waals surface area contributed by atoms with Gasteiger partial charge in [-0.2, -0.15) is 0 Å².